The molecule has 2 atom stereocenters. The summed E-state index contributed by atoms with van der Waals surface area (Å²) in [7, 11) is 0. The predicted molar refractivity (Wildman–Crippen MR) is 38.9 cm³/mol. The Morgan fingerprint density at radius 1 is 1.67 bits per heavy atom. The lowest BCUT2D eigenvalue weighted by Crippen LogP contribution is -2.48. The SMILES string of the molecule is C[C@@](N)(C[C@H](F)C(N)=O)C(=O)O. The van der Waals surface area contributed by atoms with Gasteiger partial charge in [0.1, 0.15) is 5.54 Å². The molecule has 6 heteroatoms. The predicted octanol–water partition coefficient (Wildman–Crippen LogP) is -0.998. The number of nitrogens with two attached hydrogens (primary N) is 2. The van der Waals surface area contributed by atoms with Crippen LogP contribution in [0.3, 0.4) is 0 Å². The van der Waals surface area contributed by atoms with Crippen LogP contribution in [0.15, 0.2) is 0 Å². The van der Waals surface area contributed by atoms with Crippen LogP contribution in [0.5, 0.6) is 0 Å². The van der Waals surface area contributed by atoms with E-state index in [1.165, 1.54) is 0 Å². The number of carboxylic acid groups (broad SMARTS) is 1. The molecule has 0 aromatic heterocycles. The van der Waals surface area contributed by atoms with E-state index < -0.39 is 30.0 Å². The minimum atomic E-state index is -2.02. The highest BCUT2D eigenvalue weighted by atomic mass is 19.1. The summed E-state index contributed by atoms with van der Waals surface area (Å²) in [5.41, 5.74) is 7.98. The molecule has 0 spiro atoms. The van der Waals surface area contributed by atoms with Crippen LogP contribution in [-0.2, 0) is 9.59 Å². The standard InChI is InChI=1S/C6H11FN2O3/c1-6(9,5(11)12)2-3(7)4(8)10/h3H,2,9H2,1H3,(H2,8,10)(H,11,12)/t3-,6+/m0/s1. The van der Waals surface area contributed by atoms with Crippen LogP contribution in [0.4, 0.5) is 4.39 Å². The van der Waals surface area contributed by atoms with Crippen LogP contribution in [0.2, 0.25) is 0 Å². The second-order valence-corrected chi connectivity index (χ2v) is 2.80. The van der Waals surface area contributed by atoms with E-state index >= 15 is 0 Å². The molecule has 70 valence electrons. The van der Waals surface area contributed by atoms with E-state index in [-0.39, 0.29) is 0 Å². The van der Waals surface area contributed by atoms with Gasteiger partial charge in [0, 0.05) is 6.42 Å². The highest BCUT2D eigenvalue weighted by Gasteiger charge is 2.33. The first-order valence-corrected chi connectivity index (χ1v) is 3.23. The van der Waals surface area contributed by atoms with Crippen LogP contribution in [0.1, 0.15) is 13.3 Å². The topological polar surface area (TPSA) is 106 Å². The number of carboxylic acids is 1. The summed E-state index contributed by atoms with van der Waals surface area (Å²) in [5, 5.41) is 8.43. The van der Waals surface area contributed by atoms with Gasteiger partial charge in [0.2, 0.25) is 0 Å². The Bertz CT molecular complexity index is 205. The maximum absolute atomic E-state index is 12.6. The van der Waals surface area contributed by atoms with Gasteiger partial charge in [-0.25, -0.2) is 4.39 Å². The number of primary amides is 1. The summed E-state index contributed by atoms with van der Waals surface area (Å²) in [4.78, 5) is 20.5. The van der Waals surface area contributed by atoms with Crippen LogP contribution in [0.25, 0.3) is 0 Å². The van der Waals surface area contributed by atoms with Gasteiger partial charge >= 0.3 is 5.97 Å². The van der Waals surface area contributed by atoms with Gasteiger partial charge in [0.05, 0.1) is 0 Å². The monoisotopic (exact) mass is 178 g/mol. The zero-order chi connectivity index (χ0) is 9.94. The van der Waals surface area contributed by atoms with Crippen molar-refractivity contribution in [3.8, 4) is 0 Å². The van der Waals surface area contributed by atoms with Crippen molar-refractivity contribution in [2.75, 3.05) is 0 Å². The largest absolute Gasteiger partial charge is 0.480 e. The third-order valence-corrected chi connectivity index (χ3v) is 1.40. The minimum absolute atomic E-state index is 0.613. The van der Waals surface area contributed by atoms with Crippen molar-refractivity contribution in [3.63, 3.8) is 0 Å². The Hall–Kier alpha value is -1.17. The van der Waals surface area contributed by atoms with Gasteiger partial charge in [-0.1, -0.05) is 0 Å². The summed E-state index contributed by atoms with van der Waals surface area (Å²) in [5.74, 6) is -2.57. The second-order valence-electron chi connectivity index (χ2n) is 2.80. The van der Waals surface area contributed by atoms with Crippen LogP contribution in [-0.4, -0.2) is 28.7 Å². The molecule has 0 radical (unpaired) electrons. The van der Waals surface area contributed by atoms with Gasteiger partial charge in [-0.2, -0.15) is 0 Å². The summed E-state index contributed by atoms with van der Waals surface area (Å²) < 4.78 is 12.6. The summed E-state index contributed by atoms with van der Waals surface area (Å²) in [6.45, 7) is 1.12. The lowest BCUT2D eigenvalue weighted by molar-refractivity contribution is -0.143. The average Bonchev–Trinajstić information content (AvgIpc) is 1.85. The molecular formula is C6H11FN2O3. The molecule has 0 unspecified atom stereocenters. The molecular weight excluding hydrogens is 167 g/mol. The van der Waals surface area contributed by atoms with E-state index in [4.69, 9.17) is 10.8 Å². The fourth-order valence-electron chi connectivity index (χ4n) is 0.560. The van der Waals surface area contributed by atoms with Crippen molar-refractivity contribution in [3.05, 3.63) is 0 Å². The lowest BCUT2D eigenvalue weighted by atomic mass is 9.96. The Balaban J connectivity index is 4.24. The number of rotatable bonds is 4. The number of amides is 1. The molecule has 0 aliphatic rings. The number of alkyl halides is 1. The molecule has 12 heavy (non-hydrogen) atoms. The first-order valence-electron chi connectivity index (χ1n) is 3.23. The van der Waals surface area contributed by atoms with Crippen molar-refractivity contribution in [1.29, 1.82) is 0 Å². The van der Waals surface area contributed by atoms with Crippen molar-refractivity contribution in [2.45, 2.75) is 25.1 Å². The number of carbonyl (C=O) groups is 2. The summed E-state index contributed by atoms with van der Waals surface area (Å²) in [6.07, 6.45) is -2.63. The van der Waals surface area contributed by atoms with E-state index in [0.717, 1.165) is 6.92 Å². The van der Waals surface area contributed by atoms with E-state index in [1.807, 2.05) is 0 Å². The van der Waals surface area contributed by atoms with Crippen molar-refractivity contribution in [2.24, 2.45) is 11.5 Å². The molecule has 0 heterocycles. The molecule has 0 fully saturated rings. The van der Waals surface area contributed by atoms with Gasteiger partial charge in [0.15, 0.2) is 6.17 Å². The number of hydrogen-bond acceptors (Lipinski definition) is 3. The molecule has 0 saturated carbocycles. The van der Waals surface area contributed by atoms with E-state index in [1.54, 1.807) is 0 Å². The first-order chi connectivity index (χ1) is 5.27. The van der Waals surface area contributed by atoms with E-state index in [9.17, 15) is 14.0 Å². The zero-order valence-electron chi connectivity index (χ0n) is 6.58. The Labute approximate surface area is 68.5 Å². The van der Waals surface area contributed by atoms with E-state index in [2.05, 4.69) is 5.73 Å². The second kappa shape index (κ2) is 3.48. The van der Waals surface area contributed by atoms with Crippen molar-refractivity contribution in [1.82, 2.24) is 0 Å². The Kier molecular flexibility index (Phi) is 3.15. The van der Waals surface area contributed by atoms with Gasteiger partial charge < -0.3 is 16.6 Å². The lowest BCUT2D eigenvalue weighted by Gasteiger charge is -2.19. The molecule has 0 aliphatic heterocycles. The summed E-state index contributed by atoms with van der Waals surface area (Å²) >= 11 is 0. The average molecular weight is 178 g/mol. The number of halogens is 1. The van der Waals surface area contributed by atoms with Crippen molar-refractivity contribution < 1.29 is 19.1 Å². The van der Waals surface area contributed by atoms with Gasteiger partial charge in [0.25, 0.3) is 5.91 Å². The fraction of sp³-hybridized carbons (Fsp3) is 0.667. The Morgan fingerprint density at radius 2 is 2.08 bits per heavy atom. The van der Waals surface area contributed by atoms with Crippen molar-refractivity contribution >= 4 is 11.9 Å². The number of aliphatic carboxylic acids is 1. The molecule has 0 aromatic rings. The Morgan fingerprint density at radius 3 is 2.33 bits per heavy atom. The number of carbonyl (C=O) groups excluding carboxylic acids is 1. The number of hydrogen-bond donors (Lipinski definition) is 3. The van der Waals surface area contributed by atoms with Gasteiger partial charge in [-0.15, -0.1) is 0 Å². The van der Waals surface area contributed by atoms with Gasteiger partial charge in [-0.05, 0) is 6.92 Å². The molecule has 0 saturated heterocycles. The highest BCUT2D eigenvalue weighted by Crippen LogP contribution is 2.11. The molecule has 0 aliphatic carbocycles. The first kappa shape index (κ1) is 10.8. The molecule has 1 amide bonds. The molecule has 5 nitrogen and oxygen atoms in total. The molecule has 0 bridgehead atoms. The normalized spacial score (nSPS) is 17.9. The molecule has 5 N–H and O–H groups in total. The maximum Gasteiger partial charge on any atom is 0.323 e. The summed E-state index contributed by atoms with van der Waals surface area (Å²) in [6, 6.07) is 0. The van der Waals surface area contributed by atoms with Gasteiger partial charge in [-0.3, -0.25) is 9.59 Å². The van der Waals surface area contributed by atoms with Crippen LogP contribution < -0.4 is 11.5 Å². The highest BCUT2D eigenvalue weighted by molar-refractivity contribution is 5.82. The fourth-order valence-corrected chi connectivity index (χ4v) is 0.560. The molecule has 0 rings (SSSR count). The van der Waals surface area contributed by atoms with Crippen LogP contribution in [0, 0.1) is 0 Å². The third kappa shape index (κ3) is 2.83. The quantitative estimate of drug-likeness (QED) is 0.513. The van der Waals surface area contributed by atoms with E-state index in [0.29, 0.717) is 0 Å². The zero-order valence-corrected chi connectivity index (χ0v) is 6.58. The minimum Gasteiger partial charge on any atom is -0.480 e. The maximum atomic E-state index is 12.6. The molecule has 0 aromatic carbocycles. The third-order valence-electron chi connectivity index (χ3n) is 1.40. The smallest absolute Gasteiger partial charge is 0.323 e. The van der Waals surface area contributed by atoms with Crippen LogP contribution >= 0.6 is 0 Å².